The van der Waals surface area contributed by atoms with E-state index in [1.54, 1.807) is 14.2 Å². The molecule has 0 spiro atoms. The van der Waals surface area contributed by atoms with Gasteiger partial charge in [0, 0.05) is 39.8 Å². The molecule has 0 aliphatic carbocycles. The molecule has 7 nitrogen and oxygen atoms in total. The van der Waals surface area contributed by atoms with Gasteiger partial charge in [0.2, 0.25) is 0 Å². The number of aliphatic imine (C=N–C) groups is 1. The van der Waals surface area contributed by atoms with Gasteiger partial charge < -0.3 is 24.4 Å². The first-order chi connectivity index (χ1) is 15.2. The van der Waals surface area contributed by atoms with Gasteiger partial charge in [0.05, 0.1) is 33.0 Å². The number of methoxy groups -OCH3 is 2. The number of hydrogen-bond acceptors (Lipinski definition) is 5. The van der Waals surface area contributed by atoms with Crippen molar-refractivity contribution < 1.29 is 14.2 Å². The second kappa shape index (κ2) is 10.0. The third kappa shape index (κ3) is 4.94. The van der Waals surface area contributed by atoms with Crippen molar-refractivity contribution in [2.24, 2.45) is 4.99 Å². The van der Waals surface area contributed by atoms with Crippen LogP contribution in [0.5, 0.6) is 11.5 Å². The summed E-state index contributed by atoms with van der Waals surface area (Å²) in [7, 11) is 5.14. The van der Waals surface area contributed by atoms with E-state index in [1.165, 1.54) is 5.56 Å². The van der Waals surface area contributed by atoms with Crippen LogP contribution >= 0.6 is 0 Å². The van der Waals surface area contributed by atoms with Gasteiger partial charge >= 0.3 is 0 Å². The van der Waals surface area contributed by atoms with Gasteiger partial charge in [-0.05, 0) is 23.3 Å². The quantitative estimate of drug-likeness (QED) is 0.568. The van der Waals surface area contributed by atoms with Gasteiger partial charge in [-0.25, -0.2) is 0 Å². The van der Waals surface area contributed by atoms with Gasteiger partial charge in [-0.3, -0.25) is 9.89 Å². The Balaban J connectivity index is 1.38. The molecule has 2 aromatic carbocycles. The van der Waals surface area contributed by atoms with E-state index in [9.17, 15) is 0 Å². The van der Waals surface area contributed by atoms with Gasteiger partial charge in [0.1, 0.15) is 0 Å². The fraction of sp³-hybridized carbons (Fsp3) is 0.458. The van der Waals surface area contributed by atoms with Crippen LogP contribution in [0.25, 0.3) is 0 Å². The summed E-state index contributed by atoms with van der Waals surface area (Å²) in [6.07, 6.45) is 0.206. The summed E-state index contributed by atoms with van der Waals surface area (Å²) in [6, 6.07) is 17.0. The van der Waals surface area contributed by atoms with Crippen LogP contribution in [-0.2, 0) is 17.8 Å². The van der Waals surface area contributed by atoms with Crippen LogP contribution in [0.4, 0.5) is 0 Å². The van der Waals surface area contributed by atoms with E-state index in [1.807, 2.05) is 25.2 Å². The van der Waals surface area contributed by atoms with Crippen molar-refractivity contribution in [1.82, 2.24) is 15.1 Å². The number of benzene rings is 2. The van der Waals surface area contributed by atoms with E-state index < -0.39 is 0 Å². The standard InChI is InChI=1S/C24H32N4O3/c1-25-24(26-14-19-9-10-21(29-2)22(13-19)30-3)28-16-20-23(17-28)31-12-11-27(20)15-18-7-5-4-6-8-18/h4-10,13,20,23H,11-12,14-17H2,1-3H3,(H,25,26). The minimum atomic E-state index is 0.206. The van der Waals surface area contributed by atoms with Crippen LogP contribution in [0, 0.1) is 0 Å². The fourth-order valence-corrected chi connectivity index (χ4v) is 4.45. The maximum atomic E-state index is 6.12. The molecular formula is C24H32N4O3. The lowest BCUT2D eigenvalue weighted by atomic mass is 10.1. The molecule has 0 amide bonds. The van der Waals surface area contributed by atoms with Crippen LogP contribution in [0.15, 0.2) is 53.5 Å². The lowest BCUT2D eigenvalue weighted by molar-refractivity contribution is -0.0502. The maximum absolute atomic E-state index is 6.12. The number of guanidine groups is 1. The summed E-state index contributed by atoms with van der Waals surface area (Å²) in [5.41, 5.74) is 2.45. The van der Waals surface area contributed by atoms with E-state index in [4.69, 9.17) is 14.2 Å². The third-order valence-electron chi connectivity index (χ3n) is 6.05. The summed E-state index contributed by atoms with van der Waals surface area (Å²) < 4.78 is 16.9. The lowest BCUT2D eigenvalue weighted by Crippen LogP contribution is -2.50. The van der Waals surface area contributed by atoms with Crippen molar-refractivity contribution >= 4 is 5.96 Å². The smallest absolute Gasteiger partial charge is 0.194 e. The van der Waals surface area contributed by atoms with E-state index in [2.05, 4.69) is 50.4 Å². The zero-order valence-corrected chi connectivity index (χ0v) is 18.6. The van der Waals surface area contributed by atoms with Crippen molar-refractivity contribution in [2.45, 2.75) is 25.2 Å². The summed E-state index contributed by atoms with van der Waals surface area (Å²) in [5, 5.41) is 3.50. The topological polar surface area (TPSA) is 58.6 Å². The van der Waals surface area contributed by atoms with Gasteiger partial charge in [-0.15, -0.1) is 0 Å². The maximum Gasteiger partial charge on any atom is 0.194 e. The zero-order valence-electron chi connectivity index (χ0n) is 18.6. The molecule has 166 valence electrons. The van der Waals surface area contributed by atoms with Crippen molar-refractivity contribution in [3.63, 3.8) is 0 Å². The average molecular weight is 425 g/mol. The third-order valence-corrected chi connectivity index (χ3v) is 6.05. The number of likely N-dealkylation sites (tertiary alicyclic amines) is 1. The van der Waals surface area contributed by atoms with Gasteiger partial charge in [0.25, 0.3) is 0 Å². The van der Waals surface area contributed by atoms with Crippen molar-refractivity contribution in [3.8, 4) is 11.5 Å². The summed E-state index contributed by atoms with van der Waals surface area (Å²) in [6.45, 7) is 5.11. The van der Waals surface area contributed by atoms with E-state index in [-0.39, 0.29) is 6.10 Å². The van der Waals surface area contributed by atoms with Gasteiger partial charge in [-0.2, -0.15) is 0 Å². The van der Waals surface area contributed by atoms with Crippen LogP contribution < -0.4 is 14.8 Å². The molecule has 2 fully saturated rings. The molecule has 4 rings (SSSR count). The predicted molar refractivity (Wildman–Crippen MR) is 122 cm³/mol. The molecule has 2 heterocycles. The Morgan fingerprint density at radius 1 is 1.06 bits per heavy atom. The van der Waals surface area contributed by atoms with Crippen LogP contribution in [-0.4, -0.2) is 75.4 Å². The molecular weight excluding hydrogens is 392 g/mol. The van der Waals surface area contributed by atoms with Gasteiger partial charge in [0.15, 0.2) is 17.5 Å². The molecule has 2 atom stereocenters. The number of ether oxygens (including phenoxy) is 3. The number of nitrogens with one attached hydrogen (secondary N) is 1. The Hall–Kier alpha value is -2.77. The van der Waals surface area contributed by atoms with E-state index >= 15 is 0 Å². The monoisotopic (exact) mass is 424 g/mol. The predicted octanol–water partition coefficient (Wildman–Crippen LogP) is 2.36. The second-order valence-corrected chi connectivity index (χ2v) is 7.93. The Morgan fingerprint density at radius 3 is 2.61 bits per heavy atom. The molecule has 0 saturated carbocycles. The molecule has 2 unspecified atom stereocenters. The first-order valence-electron chi connectivity index (χ1n) is 10.8. The first kappa shape index (κ1) is 21.5. The molecule has 0 radical (unpaired) electrons. The molecule has 2 aliphatic rings. The van der Waals surface area contributed by atoms with Crippen LogP contribution in [0.1, 0.15) is 11.1 Å². The normalized spacial score (nSPS) is 21.6. The number of hydrogen-bond donors (Lipinski definition) is 1. The molecule has 1 N–H and O–H groups in total. The fourth-order valence-electron chi connectivity index (χ4n) is 4.45. The largest absolute Gasteiger partial charge is 0.493 e. The number of nitrogens with zero attached hydrogens (tertiary/aromatic N) is 3. The Kier molecular flexibility index (Phi) is 6.94. The molecule has 2 saturated heterocycles. The zero-order chi connectivity index (χ0) is 21.6. The van der Waals surface area contributed by atoms with E-state index in [0.717, 1.165) is 55.8 Å². The van der Waals surface area contributed by atoms with Crippen LogP contribution in [0.3, 0.4) is 0 Å². The highest BCUT2D eigenvalue weighted by molar-refractivity contribution is 5.80. The minimum Gasteiger partial charge on any atom is -0.493 e. The van der Waals surface area contributed by atoms with E-state index in [0.29, 0.717) is 12.6 Å². The number of fused-ring (bicyclic) bond motifs is 1. The number of rotatable bonds is 6. The molecule has 2 aromatic rings. The SMILES string of the molecule is CN=C(NCc1ccc(OC)c(OC)c1)N1CC2OCCN(Cc3ccccc3)C2C1. The Labute approximate surface area is 184 Å². The Bertz CT molecular complexity index is 890. The second-order valence-electron chi connectivity index (χ2n) is 7.93. The Morgan fingerprint density at radius 2 is 1.87 bits per heavy atom. The molecule has 0 aromatic heterocycles. The first-order valence-corrected chi connectivity index (χ1v) is 10.8. The highest BCUT2D eigenvalue weighted by Crippen LogP contribution is 2.28. The molecule has 7 heteroatoms. The number of morpholine rings is 1. The minimum absolute atomic E-state index is 0.206. The molecule has 0 bridgehead atoms. The van der Waals surface area contributed by atoms with Crippen molar-refractivity contribution in [1.29, 1.82) is 0 Å². The molecule has 31 heavy (non-hydrogen) atoms. The molecule has 2 aliphatic heterocycles. The van der Waals surface area contributed by atoms with Crippen molar-refractivity contribution in [2.75, 3.05) is 47.5 Å². The summed E-state index contributed by atoms with van der Waals surface area (Å²) in [5.74, 6) is 2.36. The van der Waals surface area contributed by atoms with Gasteiger partial charge in [-0.1, -0.05) is 36.4 Å². The highest BCUT2D eigenvalue weighted by atomic mass is 16.5. The average Bonchev–Trinajstić information content (AvgIpc) is 3.25. The lowest BCUT2D eigenvalue weighted by Gasteiger charge is -2.36. The summed E-state index contributed by atoms with van der Waals surface area (Å²) >= 11 is 0. The van der Waals surface area contributed by atoms with Crippen molar-refractivity contribution in [3.05, 3.63) is 59.7 Å². The summed E-state index contributed by atoms with van der Waals surface area (Å²) in [4.78, 5) is 9.38. The van der Waals surface area contributed by atoms with Crippen LogP contribution in [0.2, 0.25) is 0 Å². The highest BCUT2D eigenvalue weighted by Gasteiger charge is 2.41.